The van der Waals surface area contributed by atoms with Crippen molar-refractivity contribution in [2.24, 2.45) is 16.0 Å². The largest absolute Gasteiger partial charge is 0.446 e. The van der Waals surface area contributed by atoms with Gasteiger partial charge in [-0.15, -0.1) is 0 Å². The molecule has 0 fully saturated rings. The van der Waals surface area contributed by atoms with E-state index in [1.165, 1.54) is 0 Å². The summed E-state index contributed by atoms with van der Waals surface area (Å²) in [5.41, 5.74) is 7.60. The number of carbonyl (C=O) groups excluding carboxylic acids is 1. The predicted molar refractivity (Wildman–Crippen MR) is 80.9 cm³/mol. The Bertz CT molecular complexity index is 609. The molecule has 0 bridgehead atoms. The maximum absolute atomic E-state index is 10.6. The van der Waals surface area contributed by atoms with Crippen molar-refractivity contribution in [1.29, 1.82) is 0 Å². The highest BCUT2D eigenvalue weighted by molar-refractivity contribution is 5.64. The molecule has 108 valence electrons. The second kappa shape index (κ2) is 7.19. The van der Waals surface area contributed by atoms with Crippen molar-refractivity contribution in [3.05, 3.63) is 60.2 Å². The van der Waals surface area contributed by atoms with E-state index in [1.807, 2.05) is 54.6 Å². The minimum absolute atomic E-state index is 0.251. The summed E-state index contributed by atoms with van der Waals surface area (Å²) >= 11 is 0. The van der Waals surface area contributed by atoms with Crippen LogP contribution in [0, 0.1) is 0 Å². The Morgan fingerprint density at radius 1 is 1.05 bits per heavy atom. The first-order chi connectivity index (χ1) is 10.1. The van der Waals surface area contributed by atoms with Crippen molar-refractivity contribution in [1.82, 2.24) is 0 Å². The summed E-state index contributed by atoms with van der Waals surface area (Å²) in [4.78, 5) is 10.6. The molecule has 2 rings (SSSR count). The van der Waals surface area contributed by atoms with Gasteiger partial charge in [-0.25, -0.2) is 4.79 Å². The normalized spacial score (nSPS) is 12.2. The number of azo groups is 1. The average molecular weight is 283 g/mol. The molecule has 21 heavy (non-hydrogen) atoms. The van der Waals surface area contributed by atoms with Crippen LogP contribution in [0.25, 0.3) is 0 Å². The zero-order valence-corrected chi connectivity index (χ0v) is 11.8. The first-order valence-corrected chi connectivity index (χ1v) is 6.65. The molecule has 5 heteroatoms. The first-order valence-electron chi connectivity index (χ1n) is 6.65. The van der Waals surface area contributed by atoms with Crippen LogP contribution in [0.5, 0.6) is 0 Å². The number of primary amides is 1. The molecule has 1 amide bonds. The van der Waals surface area contributed by atoms with Crippen molar-refractivity contribution in [2.45, 2.75) is 19.4 Å². The third-order valence-electron chi connectivity index (χ3n) is 2.81. The monoisotopic (exact) mass is 283 g/mol. The van der Waals surface area contributed by atoms with Crippen LogP contribution < -0.4 is 5.73 Å². The van der Waals surface area contributed by atoms with Crippen molar-refractivity contribution < 1.29 is 9.53 Å². The molecule has 0 aliphatic carbocycles. The summed E-state index contributed by atoms with van der Waals surface area (Å²) in [6.45, 7) is 1.80. The summed E-state index contributed by atoms with van der Waals surface area (Å²) in [5.74, 6) is 0. The van der Waals surface area contributed by atoms with E-state index in [1.54, 1.807) is 6.92 Å². The Morgan fingerprint density at radius 3 is 2.19 bits per heavy atom. The van der Waals surface area contributed by atoms with Gasteiger partial charge < -0.3 is 10.5 Å². The molecular weight excluding hydrogens is 266 g/mol. The summed E-state index contributed by atoms with van der Waals surface area (Å²) in [7, 11) is 0. The summed E-state index contributed by atoms with van der Waals surface area (Å²) in [6, 6.07) is 17.2. The number of nitrogens with zero attached hydrogens (tertiary/aromatic N) is 2. The predicted octanol–water partition coefficient (Wildman–Crippen LogP) is 4.13. The van der Waals surface area contributed by atoms with E-state index in [0.29, 0.717) is 6.42 Å². The summed E-state index contributed by atoms with van der Waals surface area (Å²) in [5, 5.41) is 8.31. The fourth-order valence-corrected chi connectivity index (χ4v) is 1.88. The molecule has 0 aromatic heterocycles. The number of rotatable bonds is 5. The third kappa shape index (κ3) is 5.06. The van der Waals surface area contributed by atoms with Crippen LogP contribution in [0.3, 0.4) is 0 Å². The van der Waals surface area contributed by atoms with Crippen LogP contribution in [-0.2, 0) is 11.2 Å². The Balaban J connectivity index is 1.96. The summed E-state index contributed by atoms with van der Waals surface area (Å²) in [6.07, 6.45) is -0.394. The molecule has 0 spiro atoms. The highest BCUT2D eigenvalue weighted by Crippen LogP contribution is 2.19. The molecule has 5 nitrogen and oxygen atoms in total. The average Bonchev–Trinajstić information content (AvgIpc) is 2.47. The van der Waals surface area contributed by atoms with Gasteiger partial charge in [0, 0.05) is 6.42 Å². The van der Waals surface area contributed by atoms with Crippen LogP contribution in [0.15, 0.2) is 64.8 Å². The van der Waals surface area contributed by atoms with Crippen molar-refractivity contribution in [3.63, 3.8) is 0 Å². The molecule has 0 aliphatic rings. The molecule has 2 aromatic rings. The third-order valence-corrected chi connectivity index (χ3v) is 2.81. The zero-order valence-electron chi connectivity index (χ0n) is 11.8. The van der Waals surface area contributed by atoms with Gasteiger partial charge in [0.2, 0.25) is 0 Å². The molecule has 2 aromatic carbocycles. The number of ether oxygens (including phenoxy) is 1. The number of amides is 1. The molecule has 0 unspecified atom stereocenters. The van der Waals surface area contributed by atoms with Crippen molar-refractivity contribution in [2.75, 3.05) is 0 Å². The summed E-state index contributed by atoms with van der Waals surface area (Å²) < 4.78 is 4.89. The minimum Gasteiger partial charge on any atom is -0.446 e. The lowest BCUT2D eigenvalue weighted by Crippen LogP contribution is -2.21. The van der Waals surface area contributed by atoms with Crippen LogP contribution in [0.2, 0.25) is 0 Å². The van der Waals surface area contributed by atoms with Crippen LogP contribution in [-0.4, -0.2) is 12.2 Å². The van der Waals surface area contributed by atoms with Gasteiger partial charge in [-0.2, -0.15) is 10.2 Å². The van der Waals surface area contributed by atoms with E-state index in [4.69, 9.17) is 10.5 Å². The first kappa shape index (κ1) is 14.7. The van der Waals surface area contributed by atoms with E-state index in [9.17, 15) is 4.79 Å². The zero-order chi connectivity index (χ0) is 15.1. The van der Waals surface area contributed by atoms with Gasteiger partial charge in [-0.05, 0) is 36.8 Å². The Morgan fingerprint density at radius 2 is 1.62 bits per heavy atom. The van der Waals surface area contributed by atoms with Crippen molar-refractivity contribution in [3.8, 4) is 0 Å². The second-order valence-corrected chi connectivity index (χ2v) is 4.65. The van der Waals surface area contributed by atoms with Gasteiger partial charge in [0.05, 0.1) is 11.4 Å². The smallest absolute Gasteiger partial charge is 0.404 e. The van der Waals surface area contributed by atoms with E-state index in [2.05, 4.69) is 10.2 Å². The maximum atomic E-state index is 10.6. The maximum Gasteiger partial charge on any atom is 0.404 e. The van der Waals surface area contributed by atoms with Gasteiger partial charge in [0.25, 0.3) is 0 Å². The highest BCUT2D eigenvalue weighted by atomic mass is 16.6. The van der Waals surface area contributed by atoms with Gasteiger partial charge in [0.15, 0.2) is 0 Å². The lowest BCUT2D eigenvalue weighted by molar-refractivity contribution is 0.116. The lowest BCUT2D eigenvalue weighted by atomic mass is 10.1. The standard InChI is InChI=1S/C16H17N3O2/c1-12(21-16(17)20)11-13-7-9-15(10-8-13)19-18-14-5-3-2-4-6-14/h2-10,12H,11H2,1H3,(H2,17,20)/t12-/m0/s1. The minimum atomic E-state index is -0.754. The molecule has 0 radical (unpaired) electrons. The number of hydrogen-bond donors (Lipinski definition) is 1. The molecule has 0 saturated carbocycles. The fourth-order valence-electron chi connectivity index (χ4n) is 1.88. The topological polar surface area (TPSA) is 77.0 Å². The number of nitrogens with two attached hydrogens (primary N) is 1. The Hall–Kier alpha value is -2.69. The van der Waals surface area contributed by atoms with Gasteiger partial charge in [0.1, 0.15) is 6.10 Å². The van der Waals surface area contributed by atoms with Crippen LogP contribution in [0.1, 0.15) is 12.5 Å². The lowest BCUT2D eigenvalue weighted by Gasteiger charge is -2.11. The molecule has 0 aliphatic heterocycles. The molecule has 2 N–H and O–H groups in total. The van der Waals surface area contributed by atoms with Crippen LogP contribution >= 0.6 is 0 Å². The van der Waals surface area contributed by atoms with E-state index >= 15 is 0 Å². The Labute approximate surface area is 123 Å². The van der Waals surface area contributed by atoms with Gasteiger partial charge in [-0.1, -0.05) is 30.3 Å². The molecular formula is C16H17N3O2. The number of hydrogen-bond acceptors (Lipinski definition) is 4. The SMILES string of the molecule is C[C@@H](Cc1ccc(N=Nc2ccccc2)cc1)OC(N)=O. The van der Waals surface area contributed by atoms with Gasteiger partial charge >= 0.3 is 6.09 Å². The number of carbonyl (C=O) groups is 1. The second-order valence-electron chi connectivity index (χ2n) is 4.65. The van der Waals surface area contributed by atoms with Gasteiger partial charge in [-0.3, -0.25) is 0 Å². The van der Waals surface area contributed by atoms with Crippen LogP contribution in [0.4, 0.5) is 16.2 Å². The quantitative estimate of drug-likeness (QED) is 0.837. The van der Waals surface area contributed by atoms with E-state index < -0.39 is 6.09 Å². The number of benzene rings is 2. The highest BCUT2D eigenvalue weighted by Gasteiger charge is 2.06. The van der Waals surface area contributed by atoms with E-state index in [-0.39, 0.29) is 6.10 Å². The molecule has 1 atom stereocenters. The fraction of sp³-hybridized carbons (Fsp3) is 0.188. The van der Waals surface area contributed by atoms with E-state index in [0.717, 1.165) is 16.9 Å². The van der Waals surface area contributed by atoms with Crippen molar-refractivity contribution >= 4 is 17.5 Å². The molecule has 0 saturated heterocycles. The Kier molecular flexibility index (Phi) is 5.04. The molecule has 0 heterocycles.